The van der Waals surface area contributed by atoms with Crippen molar-refractivity contribution in [2.75, 3.05) is 26.7 Å². The summed E-state index contributed by atoms with van der Waals surface area (Å²) in [5, 5.41) is 20.6. The molecule has 1 aromatic carbocycles. The van der Waals surface area contributed by atoms with E-state index in [2.05, 4.69) is 32.5 Å². The first-order valence-corrected chi connectivity index (χ1v) is 7.20. The van der Waals surface area contributed by atoms with Crippen LogP contribution in [0.4, 0.5) is 0 Å². The van der Waals surface area contributed by atoms with E-state index in [0.717, 1.165) is 31.6 Å². The summed E-state index contributed by atoms with van der Waals surface area (Å²) in [5.74, 6) is 0.531. The van der Waals surface area contributed by atoms with Gasteiger partial charge in [-0.1, -0.05) is 12.1 Å². The lowest BCUT2D eigenvalue weighted by Crippen LogP contribution is -2.33. The SMILES string of the molecule is CN[C@H](CN1CC[C@H](O)C1)c1cccc(-c2nnco2)c1. The Balaban J connectivity index is 1.76. The summed E-state index contributed by atoms with van der Waals surface area (Å²) in [7, 11) is 1.95. The van der Waals surface area contributed by atoms with Crippen LogP contribution >= 0.6 is 0 Å². The van der Waals surface area contributed by atoms with E-state index in [-0.39, 0.29) is 12.1 Å². The molecule has 112 valence electrons. The van der Waals surface area contributed by atoms with Gasteiger partial charge in [-0.05, 0) is 31.2 Å². The summed E-state index contributed by atoms with van der Waals surface area (Å²) in [6.07, 6.45) is 2.01. The molecule has 0 unspecified atom stereocenters. The highest BCUT2D eigenvalue weighted by atomic mass is 16.4. The summed E-state index contributed by atoms with van der Waals surface area (Å²) in [4.78, 5) is 2.28. The molecule has 2 N–H and O–H groups in total. The number of likely N-dealkylation sites (tertiary alicyclic amines) is 1. The molecule has 2 atom stereocenters. The predicted molar refractivity (Wildman–Crippen MR) is 78.6 cm³/mol. The second kappa shape index (κ2) is 6.34. The maximum absolute atomic E-state index is 9.64. The van der Waals surface area contributed by atoms with Crippen molar-refractivity contribution in [2.45, 2.75) is 18.6 Å². The lowest BCUT2D eigenvalue weighted by atomic mass is 10.0. The van der Waals surface area contributed by atoms with E-state index < -0.39 is 0 Å². The molecule has 1 fully saturated rings. The second-order valence-corrected chi connectivity index (χ2v) is 5.41. The van der Waals surface area contributed by atoms with Gasteiger partial charge >= 0.3 is 0 Å². The fourth-order valence-electron chi connectivity index (χ4n) is 2.79. The summed E-state index contributed by atoms with van der Waals surface area (Å²) in [5.41, 5.74) is 2.10. The van der Waals surface area contributed by atoms with Crippen LogP contribution in [0.15, 0.2) is 35.1 Å². The van der Waals surface area contributed by atoms with E-state index in [0.29, 0.717) is 5.89 Å². The summed E-state index contributed by atoms with van der Waals surface area (Å²) in [6, 6.07) is 8.33. The maximum Gasteiger partial charge on any atom is 0.247 e. The Hall–Kier alpha value is -1.76. The Kier molecular flexibility index (Phi) is 4.28. The Labute approximate surface area is 123 Å². The number of nitrogens with one attached hydrogen (secondary N) is 1. The van der Waals surface area contributed by atoms with Crippen LogP contribution in [-0.4, -0.2) is 53.0 Å². The number of hydrogen-bond acceptors (Lipinski definition) is 6. The van der Waals surface area contributed by atoms with E-state index in [9.17, 15) is 5.11 Å². The van der Waals surface area contributed by atoms with Crippen LogP contribution < -0.4 is 5.32 Å². The number of nitrogens with zero attached hydrogens (tertiary/aromatic N) is 3. The van der Waals surface area contributed by atoms with E-state index in [1.165, 1.54) is 12.0 Å². The molecule has 0 saturated carbocycles. The standard InChI is InChI=1S/C15H20N4O2/c1-16-14(9-19-6-5-13(20)8-19)11-3-2-4-12(7-11)15-18-17-10-21-15/h2-4,7,10,13-14,16,20H,5-6,8-9H2,1H3/t13-,14+/m0/s1. The third-order valence-corrected chi connectivity index (χ3v) is 3.93. The van der Waals surface area contributed by atoms with Crippen molar-refractivity contribution in [1.82, 2.24) is 20.4 Å². The number of aliphatic hydroxyl groups is 1. The molecule has 2 heterocycles. The van der Waals surface area contributed by atoms with E-state index in [1.807, 2.05) is 19.2 Å². The molecule has 3 rings (SSSR count). The molecular weight excluding hydrogens is 268 g/mol. The highest BCUT2D eigenvalue weighted by Gasteiger charge is 2.23. The zero-order valence-electron chi connectivity index (χ0n) is 12.1. The monoisotopic (exact) mass is 288 g/mol. The van der Waals surface area contributed by atoms with Gasteiger partial charge in [0.2, 0.25) is 12.3 Å². The molecule has 1 aliphatic heterocycles. The minimum Gasteiger partial charge on any atom is -0.423 e. The number of β-amino-alcohol motifs (C(OH)–C–C–N with tert-alkyl or cyclic N) is 1. The van der Waals surface area contributed by atoms with Crippen molar-refractivity contribution in [3.63, 3.8) is 0 Å². The number of aromatic nitrogens is 2. The molecule has 0 spiro atoms. The minimum absolute atomic E-state index is 0.188. The zero-order valence-corrected chi connectivity index (χ0v) is 12.1. The highest BCUT2D eigenvalue weighted by Crippen LogP contribution is 2.23. The van der Waals surface area contributed by atoms with Gasteiger partial charge in [0, 0.05) is 31.2 Å². The summed E-state index contributed by atoms with van der Waals surface area (Å²) >= 11 is 0. The molecule has 6 heteroatoms. The molecule has 6 nitrogen and oxygen atoms in total. The average molecular weight is 288 g/mol. The lowest BCUT2D eigenvalue weighted by Gasteiger charge is -2.23. The third kappa shape index (κ3) is 3.29. The van der Waals surface area contributed by atoms with Crippen LogP contribution in [0, 0.1) is 0 Å². The largest absolute Gasteiger partial charge is 0.423 e. The summed E-state index contributed by atoms with van der Waals surface area (Å²) in [6.45, 7) is 2.57. The molecule has 1 saturated heterocycles. The van der Waals surface area contributed by atoms with Gasteiger partial charge in [0.1, 0.15) is 0 Å². The van der Waals surface area contributed by atoms with Crippen molar-refractivity contribution in [1.29, 1.82) is 0 Å². The fraction of sp³-hybridized carbons (Fsp3) is 0.467. The Morgan fingerprint density at radius 3 is 3.10 bits per heavy atom. The molecule has 0 radical (unpaired) electrons. The van der Waals surface area contributed by atoms with Gasteiger partial charge in [-0.25, -0.2) is 0 Å². The van der Waals surface area contributed by atoms with Crippen LogP contribution in [0.5, 0.6) is 0 Å². The van der Waals surface area contributed by atoms with Gasteiger partial charge in [0.25, 0.3) is 0 Å². The van der Waals surface area contributed by atoms with Crippen molar-refractivity contribution in [3.05, 3.63) is 36.2 Å². The number of rotatable bonds is 5. The molecule has 0 aliphatic carbocycles. The number of likely N-dealkylation sites (N-methyl/N-ethyl adjacent to an activating group) is 1. The smallest absolute Gasteiger partial charge is 0.247 e. The van der Waals surface area contributed by atoms with E-state index >= 15 is 0 Å². The van der Waals surface area contributed by atoms with Crippen LogP contribution in [0.1, 0.15) is 18.0 Å². The number of benzene rings is 1. The van der Waals surface area contributed by atoms with E-state index in [1.54, 1.807) is 0 Å². The Bertz CT molecular complexity index is 573. The Morgan fingerprint density at radius 1 is 1.52 bits per heavy atom. The Morgan fingerprint density at radius 2 is 2.43 bits per heavy atom. The van der Waals surface area contributed by atoms with Crippen molar-refractivity contribution in [2.24, 2.45) is 0 Å². The van der Waals surface area contributed by atoms with Gasteiger partial charge in [0.15, 0.2) is 0 Å². The molecule has 1 aliphatic rings. The second-order valence-electron chi connectivity index (χ2n) is 5.41. The van der Waals surface area contributed by atoms with Crippen molar-refractivity contribution < 1.29 is 9.52 Å². The quantitative estimate of drug-likeness (QED) is 0.857. The molecule has 1 aromatic heterocycles. The van der Waals surface area contributed by atoms with Crippen LogP contribution in [0.3, 0.4) is 0 Å². The van der Waals surface area contributed by atoms with Gasteiger partial charge in [-0.2, -0.15) is 0 Å². The van der Waals surface area contributed by atoms with Crippen molar-refractivity contribution >= 4 is 0 Å². The van der Waals surface area contributed by atoms with Gasteiger partial charge < -0.3 is 14.8 Å². The predicted octanol–water partition coefficient (Wildman–Crippen LogP) is 1.06. The third-order valence-electron chi connectivity index (χ3n) is 3.93. The first-order chi connectivity index (χ1) is 10.3. The number of hydrogen-bond donors (Lipinski definition) is 2. The molecule has 2 aromatic rings. The highest BCUT2D eigenvalue weighted by molar-refractivity contribution is 5.54. The first kappa shape index (κ1) is 14.2. The van der Waals surface area contributed by atoms with Crippen LogP contribution in [0.25, 0.3) is 11.5 Å². The van der Waals surface area contributed by atoms with Gasteiger partial charge in [0.05, 0.1) is 6.10 Å². The molecule has 21 heavy (non-hydrogen) atoms. The first-order valence-electron chi connectivity index (χ1n) is 7.20. The van der Waals surface area contributed by atoms with Gasteiger partial charge in [-0.3, -0.25) is 4.90 Å². The maximum atomic E-state index is 9.64. The van der Waals surface area contributed by atoms with Crippen molar-refractivity contribution in [3.8, 4) is 11.5 Å². The minimum atomic E-state index is -0.188. The van der Waals surface area contributed by atoms with Gasteiger partial charge in [-0.15, -0.1) is 10.2 Å². The fourth-order valence-corrected chi connectivity index (χ4v) is 2.79. The lowest BCUT2D eigenvalue weighted by molar-refractivity contribution is 0.173. The normalized spacial score (nSPS) is 20.8. The topological polar surface area (TPSA) is 74.4 Å². The molecule has 0 bridgehead atoms. The van der Waals surface area contributed by atoms with Crippen LogP contribution in [-0.2, 0) is 0 Å². The molecular formula is C15H20N4O2. The van der Waals surface area contributed by atoms with Crippen LogP contribution in [0.2, 0.25) is 0 Å². The zero-order chi connectivity index (χ0) is 14.7. The number of aliphatic hydroxyl groups excluding tert-OH is 1. The van der Waals surface area contributed by atoms with E-state index in [4.69, 9.17) is 4.42 Å². The average Bonchev–Trinajstić information content (AvgIpc) is 3.16. The summed E-state index contributed by atoms with van der Waals surface area (Å²) < 4.78 is 5.25. The molecule has 0 amide bonds.